The van der Waals surface area contributed by atoms with E-state index in [2.05, 4.69) is 39.4 Å². The molecule has 0 saturated carbocycles. The molecule has 0 aliphatic carbocycles. The van der Waals surface area contributed by atoms with Gasteiger partial charge in [-0.1, -0.05) is 22.6 Å². The zero-order valence-corrected chi connectivity index (χ0v) is 10.5. The molecule has 2 atom stereocenters. The van der Waals surface area contributed by atoms with Crippen LogP contribution in [0.25, 0.3) is 0 Å². The van der Waals surface area contributed by atoms with Crippen molar-refractivity contribution in [3.8, 4) is 0 Å². The van der Waals surface area contributed by atoms with E-state index in [0.717, 1.165) is 12.0 Å². The minimum Gasteiger partial charge on any atom is -0.304 e. The highest BCUT2D eigenvalue weighted by Gasteiger charge is 2.39. The predicted octanol–water partition coefficient (Wildman–Crippen LogP) is 1.45. The fraction of sp³-hybridized carbons (Fsp3) is 1.00. The predicted molar refractivity (Wildman–Crippen MR) is 64.5 cm³/mol. The lowest BCUT2D eigenvalue weighted by Crippen LogP contribution is -2.35. The molecule has 0 amide bonds. The molecule has 13 heavy (non-hydrogen) atoms. The van der Waals surface area contributed by atoms with Crippen LogP contribution in [-0.4, -0.2) is 53.5 Å². The first-order valence-corrected chi connectivity index (χ1v) is 6.82. The molecule has 3 heteroatoms. The average molecular weight is 294 g/mol. The largest absolute Gasteiger partial charge is 0.304 e. The van der Waals surface area contributed by atoms with E-state index in [1.165, 1.54) is 43.4 Å². The van der Waals surface area contributed by atoms with E-state index in [1.54, 1.807) is 0 Å². The minimum atomic E-state index is 0.896. The Labute approximate surface area is 94.8 Å². The van der Waals surface area contributed by atoms with Crippen LogP contribution in [-0.2, 0) is 0 Å². The molecule has 2 fully saturated rings. The highest BCUT2D eigenvalue weighted by molar-refractivity contribution is 14.1. The molecule has 2 aliphatic rings. The zero-order valence-electron chi connectivity index (χ0n) is 8.38. The fourth-order valence-electron chi connectivity index (χ4n) is 2.80. The normalized spacial score (nSPS) is 35.5. The Morgan fingerprint density at radius 2 is 2.23 bits per heavy atom. The molecular formula is C10H19IN2. The molecule has 0 aromatic heterocycles. The van der Waals surface area contributed by atoms with Crippen molar-refractivity contribution in [1.29, 1.82) is 0 Å². The van der Waals surface area contributed by atoms with Crippen molar-refractivity contribution < 1.29 is 0 Å². The van der Waals surface area contributed by atoms with Crippen LogP contribution in [0.5, 0.6) is 0 Å². The summed E-state index contributed by atoms with van der Waals surface area (Å²) in [4.78, 5) is 5.21. The van der Waals surface area contributed by atoms with Crippen molar-refractivity contribution >= 4 is 22.6 Å². The van der Waals surface area contributed by atoms with Gasteiger partial charge in [0.1, 0.15) is 0 Å². The molecule has 2 rings (SSSR count). The van der Waals surface area contributed by atoms with Crippen LogP contribution >= 0.6 is 22.6 Å². The van der Waals surface area contributed by atoms with Gasteiger partial charge in [0.2, 0.25) is 0 Å². The first-order chi connectivity index (χ1) is 6.31. The lowest BCUT2D eigenvalue weighted by atomic mass is 10.1. The maximum Gasteiger partial charge on any atom is 0.0263 e. The third-order valence-corrected chi connectivity index (χ3v) is 4.19. The van der Waals surface area contributed by atoms with Crippen molar-refractivity contribution in [2.24, 2.45) is 5.92 Å². The fourth-order valence-corrected chi connectivity index (χ4v) is 3.14. The molecule has 76 valence electrons. The van der Waals surface area contributed by atoms with Gasteiger partial charge in [-0.3, -0.25) is 4.90 Å². The maximum absolute atomic E-state index is 2.72. The number of alkyl halides is 1. The second-order valence-electron chi connectivity index (χ2n) is 4.42. The summed E-state index contributed by atoms with van der Waals surface area (Å²) in [5.41, 5.74) is 0. The molecule has 2 heterocycles. The summed E-state index contributed by atoms with van der Waals surface area (Å²) in [6.45, 7) is 5.34. The standard InChI is InChI=1S/C10H19IN2/c1-12-7-9-3-6-13(5-2-4-11)10(9)8-12/h9-10H,2-8H2,1H3. The number of likely N-dealkylation sites (tertiary alicyclic amines) is 2. The van der Waals surface area contributed by atoms with Gasteiger partial charge in [-0.15, -0.1) is 0 Å². The van der Waals surface area contributed by atoms with Crippen molar-refractivity contribution in [2.75, 3.05) is 37.7 Å². The lowest BCUT2D eigenvalue weighted by molar-refractivity contribution is 0.237. The number of hydrogen-bond donors (Lipinski definition) is 0. The summed E-state index contributed by atoms with van der Waals surface area (Å²) < 4.78 is 1.31. The molecule has 0 aromatic carbocycles. The van der Waals surface area contributed by atoms with Crippen LogP contribution in [0, 0.1) is 5.92 Å². The highest BCUT2D eigenvalue weighted by atomic mass is 127. The summed E-state index contributed by atoms with van der Waals surface area (Å²) >= 11 is 2.48. The van der Waals surface area contributed by atoms with E-state index < -0.39 is 0 Å². The van der Waals surface area contributed by atoms with E-state index >= 15 is 0 Å². The number of fused-ring (bicyclic) bond motifs is 1. The Morgan fingerprint density at radius 3 is 3.00 bits per heavy atom. The van der Waals surface area contributed by atoms with Gasteiger partial charge in [0.05, 0.1) is 0 Å². The summed E-state index contributed by atoms with van der Waals surface area (Å²) in [6.07, 6.45) is 2.81. The molecular weight excluding hydrogens is 275 g/mol. The summed E-state index contributed by atoms with van der Waals surface area (Å²) in [5, 5.41) is 0. The van der Waals surface area contributed by atoms with Gasteiger partial charge < -0.3 is 4.90 Å². The molecule has 0 N–H and O–H groups in total. The van der Waals surface area contributed by atoms with Gasteiger partial charge in [0, 0.05) is 23.6 Å². The van der Waals surface area contributed by atoms with Gasteiger partial charge >= 0.3 is 0 Å². The monoisotopic (exact) mass is 294 g/mol. The SMILES string of the molecule is CN1CC2CCN(CCCI)C2C1. The third kappa shape index (κ3) is 2.18. The Morgan fingerprint density at radius 1 is 1.38 bits per heavy atom. The first-order valence-electron chi connectivity index (χ1n) is 5.30. The molecule has 2 saturated heterocycles. The summed E-state index contributed by atoms with van der Waals surface area (Å²) in [5.74, 6) is 0.985. The smallest absolute Gasteiger partial charge is 0.0263 e. The molecule has 0 radical (unpaired) electrons. The zero-order chi connectivity index (χ0) is 9.26. The minimum absolute atomic E-state index is 0.896. The Kier molecular flexibility index (Phi) is 3.48. The topological polar surface area (TPSA) is 6.48 Å². The van der Waals surface area contributed by atoms with Crippen molar-refractivity contribution in [3.05, 3.63) is 0 Å². The number of hydrogen-bond acceptors (Lipinski definition) is 2. The second kappa shape index (κ2) is 4.45. The molecule has 0 bridgehead atoms. The Bertz CT molecular complexity index is 174. The quantitative estimate of drug-likeness (QED) is 0.574. The van der Waals surface area contributed by atoms with E-state index in [1.807, 2.05) is 0 Å². The van der Waals surface area contributed by atoms with Crippen LogP contribution in [0.1, 0.15) is 12.8 Å². The molecule has 0 aromatic rings. The average Bonchev–Trinajstić information content (AvgIpc) is 2.61. The van der Waals surface area contributed by atoms with Gasteiger partial charge in [-0.05, 0) is 38.9 Å². The van der Waals surface area contributed by atoms with Gasteiger partial charge in [-0.2, -0.15) is 0 Å². The number of nitrogens with zero attached hydrogens (tertiary/aromatic N) is 2. The van der Waals surface area contributed by atoms with Crippen molar-refractivity contribution in [3.63, 3.8) is 0 Å². The van der Waals surface area contributed by atoms with E-state index in [4.69, 9.17) is 0 Å². The van der Waals surface area contributed by atoms with Crippen LogP contribution in [0.4, 0.5) is 0 Å². The van der Waals surface area contributed by atoms with Gasteiger partial charge in [0.25, 0.3) is 0 Å². The summed E-state index contributed by atoms with van der Waals surface area (Å²) in [6, 6.07) is 0.896. The molecule has 0 spiro atoms. The van der Waals surface area contributed by atoms with E-state index in [-0.39, 0.29) is 0 Å². The van der Waals surface area contributed by atoms with E-state index in [0.29, 0.717) is 0 Å². The number of halogens is 1. The van der Waals surface area contributed by atoms with Crippen molar-refractivity contribution in [1.82, 2.24) is 9.80 Å². The summed E-state index contributed by atoms with van der Waals surface area (Å²) in [7, 11) is 2.26. The van der Waals surface area contributed by atoms with Crippen LogP contribution in [0.3, 0.4) is 0 Å². The first kappa shape index (κ1) is 10.2. The lowest BCUT2D eigenvalue weighted by Gasteiger charge is -2.23. The molecule has 2 unspecified atom stereocenters. The molecule has 2 aliphatic heterocycles. The van der Waals surface area contributed by atoms with Crippen molar-refractivity contribution in [2.45, 2.75) is 18.9 Å². The Hall–Kier alpha value is 0.650. The van der Waals surface area contributed by atoms with Crippen LogP contribution in [0.15, 0.2) is 0 Å². The maximum atomic E-state index is 2.72. The van der Waals surface area contributed by atoms with Gasteiger partial charge in [-0.25, -0.2) is 0 Å². The highest BCUT2D eigenvalue weighted by Crippen LogP contribution is 2.30. The van der Waals surface area contributed by atoms with Gasteiger partial charge in [0.15, 0.2) is 0 Å². The number of likely N-dealkylation sites (N-methyl/N-ethyl adjacent to an activating group) is 1. The number of rotatable bonds is 3. The Balaban J connectivity index is 1.85. The third-order valence-electron chi connectivity index (χ3n) is 3.42. The van der Waals surface area contributed by atoms with E-state index in [9.17, 15) is 0 Å². The van der Waals surface area contributed by atoms with Crippen LogP contribution < -0.4 is 0 Å². The van der Waals surface area contributed by atoms with Crippen LogP contribution in [0.2, 0.25) is 0 Å². The second-order valence-corrected chi connectivity index (χ2v) is 5.49. The molecule has 2 nitrogen and oxygen atoms in total.